The molecule has 0 aliphatic heterocycles. The van der Waals surface area contributed by atoms with Crippen molar-refractivity contribution in [2.45, 2.75) is 32.6 Å². The predicted octanol–water partition coefficient (Wildman–Crippen LogP) is 2.84. The molecule has 82 valence electrons. The van der Waals surface area contributed by atoms with Gasteiger partial charge in [0, 0.05) is 0 Å². The van der Waals surface area contributed by atoms with E-state index in [2.05, 4.69) is 13.8 Å². The number of rotatable bonds is 2. The predicted molar refractivity (Wildman–Crippen MR) is 60.3 cm³/mol. The largest absolute Gasteiger partial charge is 0.330 e. The highest BCUT2D eigenvalue weighted by Crippen LogP contribution is 2.48. The highest BCUT2D eigenvalue weighted by atomic mass is 19.1. The fourth-order valence-electron chi connectivity index (χ4n) is 2.80. The Morgan fingerprint density at radius 1 is 1.47 bits per heavy atom. The van der Waals surface area contributed by atoms with Crippen LogP contribution in [0.2, 0.25) is 0 Å². The van der Waals surface area contributed by atoms with Crippen LogP contribution in [-0.4, -0.2) is 6.54 Å². The molecular formula is C13H18FN. The van der Waals surface area contributed by atoms with E-state index in [-0.39, 0.29) is 11.2 Å². The van der Waals surface area contributed by atoms with Crippen molar-refractivity contribution < 1.29 is 4.39 Å². The minimum absolute atomic E-state index is 0.0555. The van der Waals surface area contributed by atoms with Crippen LogP contribution in [0.25, 0.3) is 0 Å². The summed E-state index contributed by atoms with van der Waals surface area (Å²) in [6, 6.07) is 5.41. The maximum Gasteiger partial charge on any atom is 0.126 e. The summed E-state index contributed by atoms with van der Waals surface area (Å²) in [6.45, 7) is 5.07. The van der Waals surface area contributed by atoms with Crippen molar-refractivity contribution in [1.82, 2.24) is 0 Å². The zero-order valence-corrected chi connectivity index (χ0v) is 9.39. The second kappa shape index (κ2) is 3.60. The maximum atomic E-state index is 13.6. The molecule has 0 fully saturated rings. The molecule has 0 bridgehead atoms. The Kier molecular flexibility index (Phi) is 2.55. The summed E-state index contributed by atoms with van der Waals surface area (Å²) in [5.74, 6) is 0.355. The van der Waals surface area contributed by atoms with E-state index in [1.807, 2.05) is 6.07 Å². The fourth-order valence-corrected chi connectivity index (χ4v) is 2.80. The fraction of sp³-hybridized carbons (Fsp3) is 0.538. The summed E-state index contributed by atoms with van der Waals surface area (Å²) in [6.07, 6.45) is 1.78. The summed E-state index contributed by atoms with van der Waals surface area (Å²) < 4.78 is 13.6. The van der Waals surface area contributed by atoms with Gasteiger partial charge in [-0.1, -0.05) is 26.0 Å². The van der Waals surface area contributed by atoms with Gasteiger partial charge in [-0.15, -0.1) is 0 Å². The first kappa shape index (κ1) is 10.6. The van der Waals surface area contributed by atoms with Gasteiger partial charge in [0.2, 0.25) is 0 Å². The summed E-state index contributed by atoms with van der Waals surface area (Å²) in [5, 5.41) is 0. The van der Waals surface area contributed by atoms with Gasteiger partial charge >= 0.3 is 0 Å². The monoisotopic (exact) mass is 207 g/mol. The Balaban J connectivity index is 2.45. The average molecular weight is 207 g/mol. The zero-order valence-electron chi connectivity index (χ0n) is 9.39. The van der Waals surface area contributed by atoms with Crippen molar-refractivity contribution in [3.63, 3.8) is 0 Å². The third kappa shape index (κ3) is 1.67. The highest BCUT2D eigenvalue weighted by molar-refractivity contribution is 5.39. The number of nitrogens with two attached hydrogens (primary N) is 1. The van der Waals surface area contributed by atoms with Crippen LogP contribution in [0.5, 0.6) is 0 Å². The van der Waals surface area contributed by atoms with Crippen molar-refractivity contribution in [2.75, 3.05) is 6.54 Å². The van der Waals surface area contributed by atoms with E-state index in [0.717, 1.165) is 18.4 Å². The van der Waals surface area contributed by atoms with Crippen LogP contribution >= 0.6 is 0 Å². The molecule has 1 aromatic rings. The molecule has 1 atom stereocenters. The number of fused-ring (bicyclic) bond motifs is 1. The van der Waals surface area contributed by atoms with Crippen molar-refractivity contribution in [1.29, 1.82) is 0 Å². The highest BCUT2D eigenvalue weighted by Gasteiger charge is 2.39. The molecule has 0 spiro atoms. The molecule has 15 heavy (non-hydrogen) atoms. The first-order chi connectivity index (χ1) is 7.06. The Labute approximate surface area is 90.5 Å². The van der Waals surface area contributed by atoms with Gasteiger partial charge < -0.3 is 5.73 Å². The lowest BCUT2D eigenvalue weighted by Gasteiger charge is -2.27. The molecule has 1 nitrogen and oxygen atoms in total. The molecule has 1 unspecified atom stereocenters. The Bertz CT molecular complexity index is 371. The van der Waals surface area contributed by atoms with Gasteiger partial charge in [-0.05, 0) is 47.9 Å². The van der Waals surface area contributed by atoms with Crippen molar-refractivity contribution in [3.8, 4) is 0 Å². The smallest absolute Gasteiger partial charge is 0.126 e. The summed E-state index contributed by atoms with van der Waals surface area (Å²) in [4.78, 5) is 0. The van der Waals surface area contributed by atoms with Crippen LogP contribution in [-0.2, 0) is 6.42 Å². The molecule has 1 aromatic carbocycles. The number of benzene rings is 1. The van der Waals surface area contributed by atoms with Gasteiger partial charge in [0.1, 0.15) is 5.82 Å². The molecular weight excluding hydrogens is 189 g/mol. The topological polar surface area (TPSA) is 26.0 Å². The maximum absolute atomic E-state index is 13.6. The molecule has 1 aliphatic carbocycles. The summed E-state index contributed by atoms with van der Waals surface area (Å²) >= 11 is 0. The second-order valence-electron chi connectivity index (χ2n) is 5.10. The lowest BCUT2D eigenvalue weighted by atomic mass is 9.78. The number of hydrogen-bond acceptors (Lipinski definition) is 1. The second-order valence-corrected chi connectivity index (χ2v) is 5.10. The molecule has 2 heteroatoms. The third-order valence-corrected chi connectivity index (χ3v) is 3.56. The molecule has 0 amide bonds. The van der Waals surface area contributed by atoms with Crippen molar-refractivity contribution in [3.05, 3.63) is 35.1 Å². The molecule has 0 saturated heterocycles. The SMILES string of the molecule is CC1(C)Cc2c(F)cccc2C1CCN. The van der Waals surface area contributed by atoms with Crippen molar-refractivity contribution >= 4 is 0 Å². The van der Waals surface area contributed by atoms with Gasteiger partial charge in [-0.25, -0.2) is 4.39 Å². The van der Waals surface area contributed by atoms with E-state index >= 15 is 0 Å². The lowest BCUT2D eigenvalue weighted by molar-refractivity contribution is 0.300. The molecule has 0 heterocycles. The number of hydrogen-bond donors (Lipinski definition) is 1. The standard InChI is InChI=1S/C13H18FN/c1-13(2)8-10-9(11(13)6-7-15)4-3-5-12(10)14/h3-5,11H,6-8,15H2,1-2H3. The van der Waals surface area contributed by atoms with Crippen molar-refractivity contribution in [2.24, 2.45) is 11.1 Å². The van der Waals surface area contributed by atoms with E-state index in [4.69, 9.17) is 5.73 Å². The average Bonchev–Trinajstić information content (AvgIpc) is 2.42. The van der Waals surface area contributed by atoms with E-state index in [1.54, 1.807) is 12.1 Å². The van der Waals surface area contributed by atoms with Gasteiger partial charge in [0.25, 0.3) is 0 Å². The number of halogens is 1. The summed E-state index contributed by atoms with van der Waals surface area (Å²) in [7, 11) is 0. The molecule has 2 rings (SSSR count). The van der Waals surface area contributed by atoms with Crippen LogP contribution in [0, 0.1) is 11.2 Å². The first-order valence-corrected chi connectivity index (χ1v) is 5.53. The van der Waals surface area contributed by atoms with E-state index in [9.17, 15) is 4.39 Å². The summed E-state index contributed by atoms with van der Waals surface area (Å²) in [5.41, 5.74) is 7.85. The molecule has 0 saturated carbocycles. The Morgan fingerprint density at radius 2 is 2.20 bits per heavy atom. The van der Waals surface area contributed by atoms with Gasteiger partial charge in [0.05, 0.1) is 0 Å². The minimum Gasteiger partial charge on any atom is -0.330 e. The van der Waals surface area contributed by atoms with E-state index < -0.39 is 0 Å². The Hall–Kier alpha value is -0.890. The van der Waals surface area contributed by atoms with Crippen LogP contribution in [0.15, 0.2) is 18.2 Å². The van der Waals surface area contributed by atoms with Gasteiger partial charge in [-0.2, -0.15) is 0 Å². The van der Waals surface area contributed by atoms with Gasteiger partial charge in [0.15, 0.2) is 0 Å². The normalized spacial score (nSPS) is 22.8. The van der Waals surface area contributed by atoms with Crippen LogP contribution < -0.4 is 5.73 Å². The molecule has 0 radical (unpaired) electrons. The van der Waals surface area contributed by atoms with Crippen LogP contribution in [0.3, 0.4) is 0 Å². The van der Waals surface area contributed by atoms with Crippen LogP contribution in [0.1, 0.15) is 37.3 Å². The van der Waals surface area contributed by atoms with E-state index in [0.29, 0.717) is 12.5 Å². The lowest BCUT2D eigenvalue weighted by Crippen LogP contribution is -2.20. The minimum atomic E-state index is -0.0555. The van der Waals surface area contributed by atoms with Gasteiger partial charge in [-0.3, -0.25) is 0 Å². The molecule has 2 N–H and O–H groups in total. The zero-order chi connectivity index (χ0) is 11.1. The Morgan fingerprint density at radius 3 is 2.87 bits per heavy atom. The third-order valence-electron chi connectivity index (χ3n) is 3.56. The quantitative estimate of drug-likeness (QED) is 0.793. The van der Waals surface area contributed by atoms with E-state index in [1.165, 1.54) is 5.56 Å². The molecule has 0 aromatic heterocycles. The van der Waals surface area contributed by atoms with Crippen LogP contribution in [0.4, 0.5) is 4.39 Å². The molecule has 1 aliphatic rings. The first-order valence-electron chi connectivity index (χ1n) is 5.53.